The lowest BCUT2D eigenvalue weighted by Crippen LogP contribution is -2.55. The van der Waals surface area contributed by atoms with Crippen molar-refractivity contribution in [3.8, 4) is 5.75 Å². The van der Waals surface area contributed by atoms with Crippen molar-refractivity contribution in [3.05, 3.63) is 65.4 Å². The molecule has 0 bridgehead atoms. The number of fused-ring (bicyclic) bond motifs is 1. The minimum Gasteiger partial charge on any atom is -0.494 e. The van der Waals surface area contributed by atoms with Crippen molar-refractivity contribution in [2.24, 2.45) is 0 Å². The minimum absolute atomic E-state index is 0.0651. The number of rotatable bonds is 6. The van der Waals surface area contributed by atoms with Crippen molar-refractivity contribution in [1.82, 2.24) is 4.57 Å². The lowest BCUT2D eigenvalue weighted by Gasteiger charge is -2.40. The second-order valence-corrected chi connectivity index (χ2v) is 7.81. The van der Waals surface area contributed by atoms with E-state index in [4.69, 9.17) is 9.47 Å². The predicted octanol–water partition coefficient (Wildman–Crippen LogP) is 1.88. The number of benzene rings is 2. The number of aliphatic hydroxyl groups excluding tert-OH is 4. The van der Waals surface area contributed by atoms with E-state index in [1.807, 2.05) is 0 Å². The fraction of sp³-hybridized carbons (Fsp3) is 0.391. The molecule has 1 aliphatic rings. The summed E-state index contributed by atoms with van der Waals surface area (Å²) in [6.45, 7) is 1.71. The summed E-state index contributed by atoms with van der Waals surface area (Å²) in [7, 11) is 0. The summed E-state index contributed by atoms with van der Waals surface area (Å²) in [6, 6.07) is 8.55. The van der Waals surface area contributed by atoms with Gasteiger partial charge in [0.2, 0.25) is 0 Å². The van der Waals surface area contributed by atoms with Crippen LogP contribution in [0.25, 0.3) is 10.9 Å². The van der Waals surface area contributed by atoms with Crippen LogP contribution in [0.3, 0.4) is 0 Å². The first-order valence-corrected chi connectivity index (χ1v) is 10.3. The first-order valence-electron chi connectivity index (χ1n) is 10.3. The fourth-order valence-electron chi connectivity index (χ4n) is 4.11. The van der Waals surface area contributed by atoms with Crippen molar-refractivity contribution in [1.29, 1.82) is 0 Å². The molecule has 3 aromatic rings. The summed E-state index contributed by atoms with van der Waals surface area (Å²) in [5, 5.41) is 40.8. The molecule has 1 aliphatic heterocycles. The Morgan fingerprint density at radius 3 is 2.50 bits per heavy atom. The summed E-state index contributed by atoms with van der Waals surface area (Å²) in [6.07, 6.45) is -5.11. The largest absolute Gasteiger partial charge is 0.494 e. The molecule has 172 valence electrons. The van der Waals surface area contributed by atoms with Crippen LogP contribution in [0.4, 0.5) is 8.78 Å². The molecule has 32 heavy (non-hydrogen) atoms. The monoisotopic (exact) mass is 449 g/mol. The Bertz CT molecular complexity index is 1100. The molecule has 0 unspecified atom stereocenters. The van der Waals surface area contributed by atoms with Gasteiger partial charge in [0.05, 0.1) is 25.3 Å². The SMILES string of the molecule is CCOc1ccc(Cn2cc([C@@H]3O[C@H](CO)[C@@H](O)[C@H](O)[C@H]3O)c3ccc(F)cc32)c(F)c1. The summed E-state index contributed by atoms with van der Waals surface area (Å²) < 4.78 is 41.3. The van der Waals surface area contributed by atoms with Crippen LogP contribution in [0, 0.1) is 11.6 Å². The van der Waals surface area contributed by atoms with E-state index in [0.717, 1.165) is 0 Å². The summed E-state index contributed by atoms with van der Waals surface area (Å²) >= 11 is 0. The van der Waals surface area contributed by atoms with Crippen molar-refractivity contribution in [2.75, 3.05) is 13.2 Å². The molecule has 1 aromatic heterocycles. The third-order valence-corrected chi connectivity index (χ3v) is 5.75. The van der Waals surface area contributed by atoms with E-state index in [1.54, 1.807) is 29.8 Å². The van der Waals surface area contributed by atoms with Gasteiger partial charge in [-0.15, -0.1) is 0 Å². The van der Waals surface area contributed by atoms with E-state index in [-0.39, 0.29) is 6.54 Å². The molecular weight excluding hydrogens is 424 g/mol. The average molecular weight is 449 g/mol. The fourth-order valence-corrected chi connectivity index (χ4v) is 4.11. The number of ether oxygens (including phenoxy) is 2. The van der Waals surface area contributed by atoms with Crippen molar-refractivity contribution >= 4 is 10.9 Å². The van der Waals surface area contributed by atoms with Crippen molar-refractivity contribution < 1.29 is 38.7 Å². The number of nitrogens with zero attached hydrogens (tertiary/aromatic N) is 1. The highest BCUT2D eigenvalue weighted by Crippen LogP contribution is 2.37. The highest BCUT2D eigenvalue weighted by Gasteiger charge is 2.44. The molecule has 5 atom stereocenters. The Balaban J connectivity index is 1.75. The molecule has 0 spiro atoms. The van der Waals surface area contributed by atoms with E-state index in [9.17, 15) is 29.2 Å². The zero-order valence-electron chi connectivity index (χ0n) is 17.4. The molecule has 9 heteroatoms. The quantitative estimate of drug-likeness (QED) is 0.458. The van der Waals surface area contributed by atoms with Crippen LogP contribution in [0.15, 0.2) is 42.6 Å². The van der Waals surface area contributed by atoms with Crippen LogP contribution in [0.2, 0.25) is 0 Å². The van der Waals surface area contributed by atoms with Gasteiger partial charge in [-0.3, -0.25) is 0 Å². The molecule has 1 fully saturated rings. The van der Waals surface area contributed by atoms with E-state index in [0.29, 0.717) is 34.4 Å². The van der Waals surface area contributed by atoms with Crippen LogP contribution in [-0.2, 0) is 11.3 Å². The molecule has 4 N–H and O–H groups in total. The maximum Gasteiger partial charge on any atom is 0.131 e. The van der Waals surface area contributed by atoms with Gasteiger partial charge >= 0.3 is 0 Å². The topological polar surface area (TPSA) is 104 Å². The molecule has 0 saturated carbocycles. The van der Waals surface area contributed by atoms with E-state index >= 15 is 0 Å². The molecule has 0 aliphatic carbocycles. The Labute approximate surface area is 183 Å². The van der Waals surface area contributed by atoms with Gasteiger partial charge < -0.3 is 34.5 Å². The third kappa shape index (κ3) is 4.10. The summed E-state index contributed by atoms with van der Waals surface area (Å²) in [5.74, 6) is -0.577. The maximum atomic E-state index is 14.6. The molecule has 2 aromatic carbocycles. The number of hydrogen-bond acceptors (Lipinski definition) is 6. The predicted molar refractivity (Wildman–Crippen MR) is 111 cm³/mol. The number of hydrogen-bond donors (Lipinski definition) is 4. The lowest BCUT2D eigenvalue weighted by atomic mass is 9.91. The van der Waals surface area contributed by atoms with Gasteiger partial charge in [-0.05, 0) is 31.2 Å². The molecule has 1 saturated heterocycles. The van der Waals surface area contributed by atoms with Gasteiger partial charge in [-0.2, -0.15) is 0 Å². The zero-order valence-corrected chi connectivity index (χ0v) is 17.4. The van der Waals surface area contributed by atoms with Crippen molar-refractivity contribution in [3.63, 3.8) is 0 Å². The van der Waals surface area contributed by atoms with Crippen LogP contribution < -0.4 is 4.74 Å². The molecule has 2 heterocycles. The van der Waals surface area contributed by atoms with Gasteiger partial charge in [-0.25, -0.2) is 8.78 Å². The first kappa shape index (κ1) is 22.6. The van der Waals surface area contributed by atoms with Crippen LogP contribution >= 0.6 is 0 Å². The number of aromatic nitrogens is 1. The molecule has 7 nitrogen and oxygen atoms in total. The molecular formula is C23H25F2NO6. The van der Waals surface area contributed by atoms with E-state index in [2.05, 4.69) is 0 Å². The highest BCUT2D eigenvalue weighted by molar-refractivity contribution is 5.84. The first-order chi connectivity index (χ1) is 15.3. The zero-order chi connectivity index (χ0) is 23.0. The highest BCUT2D eigenvalue weighted by atomic mass is 19.1. The minimum atomic E-state index is -1.55. The van der Waals surface area contributed by atoms with E-state index in [1.165, 1.54) is 24.3 Å². The molecule has 4 rings (SSSR count). The van der Waals surface area contributed by atoms with E-state index < -0.39 is 48.8 Å². The van der Waals surface area contributed by atoms with Gasteiger partial charge in [0.15, 0.2) is 0 Å². The number of halogens is 2. The van der Waals surface area contributed by atoms with Crippen LogP contribution in [-0.4, -0.2) is 62.6 Å². The Morgan fingerprint density at radius 2 is 1.81 bits per heavy atom. The van der Waals surface area contributed by atoms with Gasteiger partial charge in [0.1, 0.15) is 47.9 Å². The normalized spacial score (nSPS) is 25.9. The standard InChI is InChI=1S/C23H25F2NO6/c1-2-31-14-5-3-12(17(25)8-14)9-26-10-16(15-6-4-13(24)7-18(15)26)23-22(30)21(29)20(28)19(11-27)32-23/h3-8,10,19-23,27-30H,2,9,11H2,1H3/t19-,20-,21+,22-,23+/m1/s1. The Hall–Kier alpha value is -2.56. The third-order valence-electron chi connectivity index (χ3n) is 5.75. The second-order valence-electron chi connectivity index (χ2n) is 7.81. The van der Waals surface area contributed by atoms with Gasteiger partial charge in [0.25, 0.3) is 0 Å². The second kappa shape index (κ2) is 9.13. The summed E-state index contributed by atoms with van der Waals surface area (Å²) in [4.78, 5) is 0. The molecule has 0 radical (unpaired) electrons. The average Bonchev–Trinajstić information content (AvgIpc) is 3.11. The smallest absolute Gasteiger partial charge is 0.131 e. The Morgan fingerprint density at radius 1 is 1.03 bits per heavy atom. The van der Waals surface area contributed by atoms with Gasteiger partial charge in [-0.1, -0.05) is 6.07 Å². The van der Waals surface area contributed by atoms with Crippen LogP contribution in [0.5, 0.6) is 5.75 Å². The molecule has 0 amide bonds. The maximum absolute atomic E-state index is 14.6. The number of aliphatic hydroxyl groups is 4. The van der Waals surface area contributed by atoms with Gasteiger partial charge in [0, 0.05) is 28.8 Å². The summed E-state index contributed by atoms with van der Waals surface area (Å²) in [5.41, 5.74) is 1.20. The Kier molecular flexibility index (Phi) is 6.45. The van der Waals surface area contributed by atoms with Crippen molar-refractivity contribution in [2.45, 2.75) is 44.0 Å². The van der Waals surface area contributed by atoms with Crippen LogP contribution in [0.1, 0.15) is 24.2 Å². The lowest BCUT2D eigenvalue weighted by molar-refractivity contribution is -0.231.